The Morgan fingerprint density at radius 1 is 1.58 bits per heavy atom. The average Bonchev–Trinajstić information content (AvgIpc) is 2.15. The van der Waals surface area contributed by atoms with Gasteiger partial charge in [0.15, 0.2) is 0 Å². The molecule has 12 heavy (non-hydrogen) atoms. The number of nitrogens with zero attached hydrogens (tertiary/aromatic N) is 1. The summed E-state index contributed by atoms with van der Waals surface area (Å²) in [6.07, 6.45) is 2.50. The molecule has 1 heterocycles. The molecule has 1 saturated heterocycles. The fourth-order valence-corrected chi connectivity index (χ4v) is 1.38. The molecule has 1 aliphatic heterocycles. The Morgan fingerprint density at radius 3 is 2.83 bits per heavy atom. The third kappa shape index (κ3) is 1.82. The zero-order valence-electron chi connectivity index (χ0n) is 7.25. The van der Waals surface area contributed by atoms with Crippen LogP contribution in [0.15, 0.2) is 0 Å². The average molecular weight is 170 g/mol. The molecular weight excluding hydrogens is 156 g/mol. The molecule has 4 nitrogen and oxygen atoms in total. The Bertz CT molecular complexity index is 203. The molecule has 0 radical (unpaired) electrons. The van der Waals surface area contributed by atoms with Crippen LogP contribution in [0.1, 0.15) is 26.2 Å². The first-order valence-electron chi connectivity index (χ1n) is 4.20. The number of imide groups is 1. The lowest BCUT2D eigenvalue weighted by Crippen LogP contribution is -2.44. The summed E-state index contributed by atoms with van der Waals surface area (Å²) in [7, 11) is 0. The molecule has 1 rings (SSSR count). The van der Waals surface area contributed by atoms with Gasteiger partial charge in [0.2, 0.25) is 11.8 Å². The van der Waals surface area contributed by atoms with E-state index in [0.717, 1.165) is 12.8 Å². The summed E-state index contributed by atoms with van der Waals surface area (Å²) in [5, 5.41) is 0. The van der Waals surface area contributed by atoms with Gasteiger partial charge in [-0.1, -0.05) is 0 Å². The van der Waals surface area contributed by atoms with E-state index in [1.54, 1.807) is 0 Å². The lowest BCUT2D eigenvalue weighted by molar-refractivity contribution is -0.143. The molecule has 0 aliphatic carbocycles. The van der Waals surface area contributed by atoms with Crippen LogP contribution in [0, 0.1) is 0 Å². The third-order valence-electron chi connectivity index (χ3n) is 2.11. The molecule has 2 N–H and O–H groups in total. The van der Waals surface area contributed by atoms with Gasteiger partial charge in [0.1, 0.15) is 0 Å². The monoisotopic (exact) mass is 170 g/mol. The van der Waals surface area contributed by atoms with Crippen molar-refractivity contribution in [2.45, 2.75) is 32.2 Å². The summed E-state index contributed by atoms with van der Waals surface area (Å²) in [4.78, 5) is 23.6. The molecule has 0 saturated carbocycles. The largest absolute Gasteiger partial charge is 0.320 e. The van der Waals surface area contributed by atoms with Crippen molar-refractivity contribution in [1.82, 2.24) is 4.90 Å². The summed E-state index contributed by atoms with van der Waals surface area (Å²) in [5.41, 5.74) is 5.56. The number of likely N-dealkylation sites (tertiary alicyclic amines) is 1. The van der Waals surface area contributed by atoms with Crippen LogP contribution >= 0.6 is 0 Å². The molecule has 0 aromatic rings. The minimum atomic E-state index is -0.476. The highest BCUT2D eigenvalue weighted by Crippen LogP contribution is 2.10. The molecule has 0 unspecified atom stereocenters. The second-order valence-electron chi connectivity index (χ2n) is 3.11. The highest BCUT2D eigenvalue weighted by molar-refractivity contribution is 5.96. The van der Waals surface area contributed by atoms with Crippen molar-refractivity contribution in [3.8, 4) is 0 Å². The summed E-state index contributed by atoms with van der Waals surface area (Å²) < 4.78 is 0. The lowest BCUT2D eigenvalue weighted by atomic mass is 10.1. The fraction of sp³-hybridized carbons (Fsp3) is 0.750. The van der Waals surface area contributed by atoms with Crippen molar-refractivity contribution in [1.29, 1.82) is 0 Å². The lowest BCUT2D eigenvalue weighted by Gasteiger charge is -2.18. The zero-order valence-corrected chi connectivity index (χ0v) is 7.25. The summed E-state index contributed by atoms with van der Waals surface area (Å²) in [5.74, 6) is -0.419. The van der Waals surface area contributed by atoms with Gasteiger partial charge in [0.25, 0.3) is 0 Å². The maximum atomic E-state index is 11.4. The number of hydrogen-bond acceptors (Lipinski definition) is 3. The molecule has 0 aromatic carbocycles. The number of hydrogen-bond donors (Lipinski definition) is 1. The standard InChI is InChI=1S/C8H14N2O2/c1-6(11)10-5-3-2-4-7(9)8(10)12/h7H,2-5,9H2,1H3/t7-/m0/s1. The predicted molar refractivity (Wildman–Crippen MR) is 44.2 cm³/mol. The van der Waals surface area contributed by atoms with Gasteiger partial charge in [0, 0.05) is 13.5 Å². The SMILES string of the molecule is CC(=O)N1CCCC[C@H](N)C1=O. The van der Waals surface area contributed by atoms with Crippen LogP contribution in [-0.4, -0.2) is 29.3 Å². The van der Waals surface area contributed by atoms with Crippen LogP contribution in [0.4, 0.5) is 0 Å². The van der Waals surface area contributed by atoms with Gasteiger partial charge in [-0.2, -0.15) is 0 Å². The number of rotatable bonds is 0. The predicted octanol–water partition coefficient (Wildman–Crippen LogP) is -0.127. The van der Waals surface area contributed by atoms with E-state index < -0.39 is 6.04 Å². The van der Waals surface area contributed by atoms with Crippen molar-refractivity contribution in [2.75, 3.05) is 6.54 Å². The first-order chi connectivity index (χ1) is 5.63. The molecule has 1 atom stereocenters. The first-order valence-corrected chi connectivity index (χ1v) is 4.20. The van der Waals surface area contributed by atoms with Crippen molar-refractivity contribution < 1.29 is 9.59 Å². The number of carbonyl (C=O) groups excluding carboxylic acids is 2. The second-order valence-corrected chi connectivity index (χ2v) is 3.11. The summed E-state index contributed by atoms with van der Waals surface area (Å²) in [6.45, 7) is 1.93. The van der Waals surface area contributed by atoms with Crippen molar-refractivity contribution in [2.24, 2.45) is 5.73 Å². The topological polar surface area (TPSA) is 63.4 Å². The highest BCUT2D eigenvalue weighted by Gasteiger charge is 2.25. The molecule has 2 amide bonds. The molecule has 0 aromatic heterocycles. The van der Waals surface area contributed by atoms with Gasteiger partial charge < -0.3 is 5.73 Å². The van der Waals surface area contributed by atoms with E-state index in [4.69, 9.17) is 5.73 Å². The fourth-order valence-electron chi connectivity index (χ4n) is 1.38. The third-order valence-corrected chi connectivity index (χ3v) is 2.11. The maximum Gasteiger partial charge on any atom is 0.246 e. The van der Waals surface area contributed by atoms with E-state index >= 15 is 0 Å². The van der Waals surface area contributed by atoms with E-state index in [2.05, 4.69) is 0 Å². The van der Waals surface area contributed by atoms with Gasteiger partial charge in [-0.25, -0.2) is 0 Å². The number of amides is 2. The number of nitrogens with two attached hydrogens (primary N) is 1. The molecule has 4 heteroatoms. The summed E-state index contributed by atoms with van der Waals surface area (Å²) >= 11 is 0. The van der Waals surface area contributed by atoms with E-state index in [1.165, 1.54) is 11.8 Å². The second kappa shape index (κ2) is 3.67. The van der Waals surface area contributed by atoms with Crippen LogP contribution in [-0.2, 0) is 9.59 Å². The Hall–Kier alpha value is -0.900. The van der Waals surface area contributed by atoms with Crippen molar-refractivity contribution in [3.63, 3.8) is 0 Å². The van der Waals surface area contributed by atoms with E-state index in [9.17, 15) is 9.59 Å². The van der Waals surface area contributed by atoms with Crippen LogP contribution in [0.25, 0.3) is 0 Å². The van der Waals surface area contributed by atoms with E-state index in [-0.39, 0.29) is 11.8 Å². The number of carbonyl (C=O) groups is 2. The molecular formula is C8H14N2O2. The normalized spacial score (nSPS) is 25.3. The Morgan fingerprint density at radius 2 is 2.25 bits per heavy atom. The minimum Gasteiger partial charge on any atom is -0.320 e. The molecule has 1 aliphatic rings. The van der Waals surface area contributed by atoms with Crippen molar-refractivity contribution >= 4 is 11.8 Å². The first kappa shape index (κ1) is 9.19. The van der Waals surface area contributed by atoms with E-state index in [1.807, 2.05) is 0 Å². The van der Waals surface area contributed by atoms with Crippen LogP contribution in [0.2, 0.25) is 0 Å². The summed E-state index contributed by atoms with van der Waals surface area (Å²) in [6, 6.07) is -0.476. The Balaban J connectivity index is 2.71. The van der Waals surface area contributed by atoms with Gasteiger partial charge in [-0.15, -0.1) is 0 Å². The van der Waals surface area contributed by atoms with Crippen LogP contribution < -0.4 is 5.73 Å². The Kier molecular flexibility index (Phi) is 2.81. The van der Waals surface area contributed by atoms with Gasteiger partial charge >= 0.3 is 0 Å². The van der Waals surface area contributed by atoms with Crippen LogP contribution in [0.3, 0.4) is 0 Å². The van der Waals surface area contributed by atoms with Gasteiger partial charge in [-0.3, -0.25) is 14.5 Å². The van der Waals surface area contributed by atoms with Gasteiger partial charge in [-0.05, 0) is 19.3 Å². The molecule has 0 bridgehead atoms. The molecule has 68 valence electrons. The van der Waals surface area contributed by atoms with Gasteiger partial charge in [0.05, 0.1) is 6.04 Å². The maximum absolute atomic E-state index is 11.4. The van der Waals surface area contributed by atoms with Crippen LogP contribution in [0.5, 0.6) is 0 Å². The zero-order chi connectivity index (χ0) is 9.14. The van der Waals surface area contributed by atoms with E-state index in [0.29, 0.717) is 13.0 Å². The minimum absolute atomic E-state index is 0.197. The quantitative estimate of drug-likeness (QED) is 0.551. The molecule has 0 spiro atoms. The Labute approximate surface area is 71.7 Å². The highest BCUT2D eigenvalue weighted by atomic mass is 16.2. The van der Waals surface area contributed by atoms with Crippen molar-refractivity contribution in [3.05, 3.63) is 0 Å². The molecule has 1 fully saturated rings. The smallest absolute Gasteiger partial charge is 0.246 e.